The molecule has 3 aromatic rings. The highest BCUT2D eigenvalue weighted by molar-refractivity contribution is 8.13. The third kappa shape index (κ3) is 4.41. The predicted octanol–water partition coefficient (Wildman–Crippen LogP) is 5.09. The van der Waals surface area contributed by atoms with Crippen LogP contribution in [0.25, 0.3) is 5.69 Å². The number of aromatic nitrogens is 1. The van der Waals surface area contributed by atoms with Gasteiger partial charge in [-0.2, -0.15) is 5.10 Å². The van der Waals surface area contributed by atoms with E-state index in [2.05, 4.69) is 10.2 Å². The van der Waals surface area contributed by atoms with Gasteiger partial charge in [-0.3, -0.25) is 4.57 Å². The molecule has 0 radical (unpaired) electrons. The fourth-order valence-corrected chi connectivity index (χ4v) is 3.83. The van der Waals surface area contributed by atoms with Gasteiger partial charge in [-0.15, -0.1) is 16.4 Å². The lowest BCUT2D eigenvalue weighted by atomic mass is 10.3. The van der Waals surface area contributed by atoms with Crippen molar-refractivity contribution in [3.8, 4) is 17.4 Å². The highest BCUT2D eigenvalue weighted by Gasteiger charge is 2.18. The smallest absolute Gasteiger partial charge is 0.213 e. The van der Waals surface area contributed by atoms with Gasteiger partial charge >= 0.3 is 0 Å². The molecule has 0 saturated carbocycles. The van der Waals surface area contributed by atoms with Crippen molar-refractivity contribution in [2.24, 2.45) is 15.9 Å². The molecule has 4 N–H and O–H groups in total. The molecule has 1 aromatic carbocycles. The minimum Gasteiger partial charge on any atom is -0.494 e. The lowest BCUT2D eigenvalue weighted by Crippen LogP contribution is -2.05. The van der Waals surface area contributed by atoms with Crippen LogP contribution in [0.15, 0.2) is 56.9 Å². The minimum absolute atomic E-state index is 0.118. The molecule has 0 fully saturated rings. The zero-order valence-electron chi connectivity index (χ0n) is 13.9. The number of benzene rings is 1. The second-order valence-corrected chi connectivity index (χ2v) is 8.15. The maximum absolute atomic E-state index is 10.5. The van der Waals surface area contributed by atoms with E-state index in [4.69, 9.17) is 28.9 Å². The number of amidine groups is 1. The molecule has 27 heavy (non-hydrogen) atoms. The summed E-state index contributed by atoms with van der Waals surface area (Å²) in [7, 11) is 0. The lowest BCUT2D eigenvalue weighted by molar-refractivity contribution is 0.398. The first-order valence-electron chi connectivity index (χ1n) is 7.55. The Kier molecular flexibility index (Phi) is 6.01. The number of thiophene rings is 1. The van der Waals surface area contributed by atoms with E-state index >= 15 is 0 Å². The highest BCUT2D eigenvalue weighted by Crippen LogP contribution is 2.39. The summed E-state index contributed by atoms with van der Waals surface area (Å²) in [6.07, 6.45) is 0. The number of rotatable bonds is 4. The average molecular weight is 441 g/mol. The zero-order valence-corrected chi connectivity index (χ0v) is 17.1. The molecule has 3 rings (SSSR count). The zero-order chi connectivity index (χ0) is 19.6. The van der Waals surface area contributed by atoms with Gasteiger partial charge in [0.1, 0.15) is 0 Å². The third-order valence-electron chi connectivity index (χ3n) is 3.47. The molecule has 0 amide bonds. The van der Waals surface area contributed by atoms with Crippen LogP contribution in [0, 0.1) is 0 Å². The molecule has 2 aromatic heterocycles. The number of nitrogens with two attached hydrogens (primary N) is 1. The van der Waals surface area contributed by atoms with Gasteiger partial charge in [-0.25, -0.2) is 0 Å². The van der Waals surface area contributed by atoms with Crippen LogP contribution < -0.4 is 5.73 Å². The molecule has 0 saturated heterocycles. The Bertz CT molecular complexity index is 1030. The quantitative estimate of drug-likeness (QED) is 0.228. The third-order valence-corrected chi connectivity index (χ3v) is 6.00. The Labute approximate surface area is 173 Å². The SMILES string of the molecule is C/C(=N\N=C(/N)Sc1cc(O)n(-c2ccc(Cl)c(Cl)c2)c1O)c1cccs1. The van der Waals surface area contributed by atoms with Crippen LogP contribution in [0.3, 0.4) is 0 Å². The van der Waals surface area contributed by atoms with Gasteiger partial charge in [0.15, 0.2) is 11.0 Å². The van der Waals surface area contributed by atoms with E-state index in [-0.39, 0.29) is 16.9 Å². The number of hydrogen-bond donors (Lipinski definition) is 3. The molecule has 140 valence electrons. The molecule has 0 aliphatic rings. The number of aromatic hydroxyl groups is 2. The van der Waals surface area contributed by atoms with Crippen molar-refractivity contribution in [1.82, 2.24) is 4.57 Å². The van der Waals surface area contributed by atoms with Gasteiger partial charge < -0.3 is 15.9 Å². The lowest BCUT2D eigenvalue weighted by Gasteiger charge is -2.08. The Morgan fingerprint density at radius 3 is 2.59 bits per heavy atom. The highest BCUT2D eigenvalue weighted by atomic mass is 35.5. The second kappa shape index (κ2) is 8.26. The molecule has 0 aliphatic heterocycles. The summed E-state index contributed by atoms with van der Waals surface area (Å²) >= 11 is 14.4. The van der Waals surface area contributed by atoms with Crippen molar-refractivity contribution in [2.45, 2.75) is 11.8 Å². The van der Waals surface area contributed by atoms with E-state index < -0.39 is 0 Å². The molecule has 0 aliphatic carbocycles. The summed E-state index contributed by atoms with van der Waals surface area (Å²) in [5.41, 5.74) is 7.07. The normalized spacial score (nSPS) is 12.6. The van der Waals surface area contributed by atoms with Gasteiger partial charge in [0.05, 0.1) is 31.2 Å². The van der Waals surface area contributed by atoms with Gasteiger partial charge in [-0.1, -0.05) is 29.3 Å². The van der Waals surface area contributed by atoms with Crippen molar-refractivity contribution in [1.29, 1.82) is 0 Å². The summed E-state index contributed by atoms with van der Waals surface area (Å²) in [5, 5.41) is 31.4. The monoisotopic (exact) mass is 440 g/mol. The molecule has 0 spiro atoms. The van der Waals surface area contributed by atoms with Crippen molar-refractivity contribution >= 4 is 57.2 Å². The fourth-order valence-electron chi connectivity index (χ4n) is 2.21. The van der Waals surface area contributed by atoms with E-state index in [1.54, 1.807) is 23.5 Å². The Morgan fingerprint density at radius 1 is 1.15 bits per heavy atom. The van der Waals surface area contributed by atoms with Gasteiger partial charge in [-0.05, 0) is 48.3 Å². The Morgan fingerprint density at radius 2 is 1.93 bits per heavy atom. The molecule has 10 heteroatoms. The van der Waals surface area contributed by atoms with Crippen LogP contribution in [0.1, 0.15) is 11.8 Å². The number of thioether (sulfide) groups is 1. The molecule has 2 heterocycles. The summed E-state index contributed by atoms with van der Waals surface area (Å²) in [6, 6.07) is 9.96. The second-order valence-electron chi connectivity index (χ2n) is 5.33. The van der Waals surface area contributed by atoms with Crippen LogP contribution in [-0.4, -0.2) is 25.7 Å². The minimum atomic E-state index is -0.201. The first kappa shape index (κ1) is 19.6. The molecule has 0 unspecified atom stereocenters. The summed E-state index contributed by atoms with van der Waals surface area (Å²) in [6.45, 7) is 1.83. The maximum atomic E-state index is 10.5. The Hall–Kier alpha value is -2.13. The van der Waals surface area contributed by atoms with Crippen molar-refractivity contribution < 1.29 is 10.2 Å². The van der Waals surface area contributed by atoms with E-state index in [1.165, 1.54) is 16.7 Å². The van der Waals surface area contributed by atoms with Crippen molar-refractivity contribution in [3.05, 3.63) is 56.7 Å². The molecule has 0 atom stereocenters. The van der Waals surface area contributed by atoms with Crippen LogP contribution >= 0.6 is 46.3 Å². The number of nitrogens with zero attached hydrogens (tertiary/aromatic N) is 3. The van der Waals surface area contributed by atoms with Gasteiger partial charge in [0.25, 0.3) is 0 Å². The molecule has 0 bridgehead atoms. The van der Waals surface area contributed by atoms with Crippen LogP contribution in [0.5, 0.6) is 11.8 Å². The van der Waals surface area contributed by atoms with E-state index in [1.807, 2.05) is 24.4 Å². The molecular weight excluding hydrogens is 427 g/mol. The first-order chi connectivity index (χ1) is 12.9. The van der Waals surface area contributed by atoms with E-state index in [0.717, 1.165) is 22.4 Å². The van der Waals surface area contributed by atoms with Crippen LogP contribution in [-0.2, 0) is 0 Å². The fraction of sp³-hybridized carbons (Fsp3) is 0.0588. The number of halogens is 2. The summed E-state index contributed by atoms with van der Waals surface area (Å²) in [5.74, 6) is -0.382. The van der Waals surface area contributed by atoms with Crippen molar-refractivity contribution in [2.75, 3.05) is 0 Å². The maximum Gasteiger partial charge on any atom is 0.213 e. The van der Waals surface area contributed by atoms with Crippen LogP contribution in [0.4, 0.5) is 0 Å². The summed E-state index contributed by atoms with van der Waals surface area (Å²) in [4.78, 5) is 1.31. The van der Waals surface area contributed by atoms with Crippen molar-refractivity contribution in [3.63, 3.8) is 0 Å². The average Bonchev–Trinajstić information content (AvgIpc) is 3.25. The number of hydrogen-bond acceptors (Lipinski definition) is 6. The van der Waals surface area contributed by atoms with E-state index in [0.29, 0.717) is 20.6 Å². The predicted molar refractivity (Wildman–Crippen MR) is 113 cm³/mol. The summed E-state index contributed by atoms with van der Waals surface area (Å²) < 4.78 is 1.22. The molecular formula is C17H14Cl2N4O2S2. The first-order valence-corrected chi connectivity index (χ1v) is 10.0. The van der Waals surface area contributed by atoms with Crippen LogP contribution in [0.2, 0.25) is 10.0 Å². The van der Waals surface area contributed by atoms with E-state index in [9.17, 15) is 10.2 Å². The Balaban J connectivity index is 1.85. The largest absolute Gasteiger partial charge is 0.494 e. The standard InChI is InChI=1S/C17H14Cl2N4O2S2/c1-9(13-3-2-6-26-13)21-22-17(20)27-14-8-15(24)23(16(14)25)10-4-5-11(18)12(19)7-10/h2-8,24-25H,1H3,(H2,20,22)/b21-9+. The topological polar surface area (TPSA) is 96.1 Å². The van der Waals surface area contributed by atoms with Gasteiger partial charge in [0, 0.05) is 6.07 Å². The van der Waals surface area contributed by atoms with Gasteiger partial charge in [0.2, 0.25) is 5.88 Å². The molecule has 6 nitrogen and oxygen atoms in total.